The summed E-state index contributed by atoms with van der Waals surface area (Å²) in [4.78, 5) is 23.6. The van der Waals surface area contributed by atoms with Crippen LogP contribution in [0.1, 0.15) is 0 Å². The van der Waals surface area contributed by atoms with Gasteiger partial charge in [0.2, 0.25) is 5.91 Å². The molecule has 0 spiro atoms. The second-order valence-electron chi connectivity index (χ2n) is 4.07. The summed E-state index contributed by atoms with van der Waals surface area (Å²) >= 11 is 3.14. The fourth-order valence-corrected chi connectivity index (χ4v) is 2.04. The smallest absolute Gasteiger partial charge is 0.265 e. The van der Waals surface area contributed by atoms with Gasteiger partial charge in [-0.25, -0.2) is 0 Å². The van der Waals surface area contributed by atoms with Crippen LogP contribution in [0, 0.1) is 0 Å². The maximum Gasteiger partial charge on any atom is 0.265 e. The van der Waals surface area contributed by atoms with Gasteiger partial charge in [-0.15, -0.1) is 0 Å². The number of halogens is 1. The number of carbonyl (C=O) groups is 1. The molecule has 0 bridgehead atoms. The van der Waals surface area contributed by atoms with Crippen molar-refractivity contribution in [3.8, 4) is 5.75 Å². The Labute approximate surface area is 124 Å². The molecule has 0 radical (unpaired) electrons. The highest BCUT2D eigenvalue weighted by Crippen LogP contribution is 2.14. The molecule has 104 valence electrons. The minimum atomic E-state index is -0.268. The number of ether oxygens (including phenoxy) is 1. The number of hydrogen-bond acceptors (Lipinski definition) is 3. The summed E-state index contributed by atoms with van der Waals surface area (Å²) in [7, 11) is 1.58. The molecule has 1 heterocycles. The highest BCUT2D eigenvalue weighted by Gasteiger charge is 2.06. The number of rotatable bonds is 4. The van der Waals surface area contributed by atoms with Crippen molar-refractivity contribution < 1.29 is 9.53 Å². The first kappa shape index (κ1) is 14.3. The zero-order chi connectivity index (χ0) is 14.5. The van der Waals surface area contributed by atoms with Crippen LogP contribution in [-0.2, 0) is 11.3 Å². The van der Waals surface area contributed by atoms with Crippen molar-refractivity contribution in [3.05, 3.63) is 57.4 Å². The molecule has 2 rings (SSSR count). The first-order valence-corrected chi connectivity index (χ1v) is 6.68. The molecule has 1 amide bonds. The molecule has 6 heteroatoms. The Morgan fingerprint density at radius 2 is 2.00 bits per heavy atom. The number of methoxy groups -OCH3 is 1. The summed E-state index contributed by atoms with van der Waals surface area (Å²) in [5.41, 5.74) is 0.413. The SMILES string of the molecule is COc1ccc(NC(=O)Cn2cccc(Br)c2=O)cc1. The lowest BCUT2D eigenvalue weighted by atomic mass is 10.3. The van der Waals surface area contributed by atoms with E-state index in [1.807, 2.05) is 0 Å². The second kappa shape index (κ2) is 6.38. The number of carbonyl (C=O) groups excluding carboxylic acids is 1. The molecule has 1 aromatic carbocycles. The van der Waals surface area contributed by atoms with Crippen LogP contribution in [0.3, 0.4) is 0 Å². The summed E-state index contributed by atoms with van der Waals surface area (Å²) in [6.07, 6.45) is 1.57. The lowest BCUT2D eigenvalue weighted by Gasteiger charge is -2.08. The molecule has 0 unspecified atom stereocenters. The van der Waals surface area contributed by atoms with E-state index in [2.05, 4.69) is 21.2 Å². The Balaban J connectivity index is 2.05. The highest BCUT2D eigenvalue weighted by atomic mass is 79.9. The number of amides is 1. The summed E-state index contributed by atoms with van der Waals surface area (Å²) in [6.45, 7) is -0.0374. The number of hydrogen-bond donors (Lipinski definition) is 1. The molecule has 0 aliphatic heterocycles. The average molecular weight is 337 g/mol. The molecule has 20 heavy (non-hydrogen) atoms. The van der Waals surface area contributed by atoms with E-state index < -0.39 is 0 Å². The minimum absolute atomic E-state index is 0.0374. The van der Waals surface area contributed by atoms with Gasteiger partial charge in [0, 0.05) is 11.9 Å². The van der Waals surface area contributed by atoms with Gasteiger partial charge in [-0.3, -0.25) is 9.59 Å². The fraction of sp³-hybridized carbons (Fsp3) is 0.143. The van der Waals surface area contributed by atoms with Gasteiger partial charge >= 0.3 is 0 Å². The summed E-state index contributed by atoms with van der Waals surface area (Å²) < 4.78 is 6.80. The molecule has 0 aliphatic carbocycles. The van der Waals surface area contributed by atoms with Crippen LogP contribution < -0.4 is 15.6 Å². The van der Waals surface area contributed by atoms with E-state index in [9.17, 15) is 9.59 Å². The molecule has 0 saturated carbocycles. The summed E-state index contributed by atoms with van der Waals surface area (Å²) in [6, 6.07) is 10.3. The third kappa shape index (κ3) is 3.48. The Kier molecular flexibility index (Phi) is 4.57. The molecule has 0 atom stereocenters. The molecular formula is C14H13BrN2O3. The van der Waals surface area contributed by atoms with Crippen LogP contribution in [-0.4, -0.2) is 17.6 Å². The molecule has 1 N–H and O–H groups in total. The predicted molar refractivity (Wildman–Crippen MR) is 80.0 cm³/mol. The van der Waals surface area contributed by atoms with Gasteiger partial charge < -0.3 is 14.6 Å². The van der Waals surface area contributed by atoms with E-state index in [4.69, 9.17) is 4.74 Å². The number of anilines is 1. The van der Waals surface area contributed by atoms with Crippen molar-refractivity contribution >= 4 is 27.5 Å². The highest BCUT2D eigenvalue weighted by molar-refractivity contribution is 9.10. The van der Waals surface area contributed by atoms with Crippen molar-refractivity contribution in [1.29, 1.82) is 0 Å². The molecular weight excluding hydrogens is 324 g/mol. The monoisotopic (exact) mass is 336 g/mol. The van der Waals surface area contributed by atoms with Crippen molar-refractivity contribution in [2.24, 2.45) is 0 Å². The third-order valence-electron chi connectivity index (χ3n) is 2.66. The number of nitrogens with zero attached hydrogens (tertiary/aromatic N) is 1. The van der Waals surface area contributed by atoms with E-state index in [0.29, 0.717) is 15.9 Å². The fourth-order valence-electron chi connectivity index (χ4n) is 1.66. The zero-order valence-electron chi connectivity index (χ0n) is 10.8. The third-order valence-corrected chi connectivity index (χ3v) is 3.26. The van der Waals surface area contributed by atoms with Crippen LogP contribution in [0.25, 0.3) is 0 Å². The van der Waals surface area contributed by atoms with Gasteiger partial charge in [-0.05, 0) is 52.3 Å². The lowest BCUT2D eigenvalue weighted by molar-refractivity contribution is -0.116. The van der Waals surface area contributed by atoms with E-state index >= 15 is 0 Å². The molecule has 5 nitrogen and oxygen atoms in total. The van der Waals surface area contributed by atoms with E-state index in [1.54, 1.807) is 49.7 Å². The Hall–Kier alpha value is -2.08. The summed E-state index contributed by atoms with van der Waals surface area (Å²) in [5, 5.41) is 2.72. The first-order chi connectivity index (χ1) is 9.60. The second-order valence-corrected chi connectivity index (χ2v) is 4.92. The van der Waals surface area contributed by atoms with Crippen LogP contribution in [0.15, 0.2) is 51.9 Å². The van der Waals surface area contributed by atoms with Crippen LogP contribution in [0.5, 0.6) is 5.75 Å². The van der Waals surface area contributed by atoms with Gasteiger partial charge in [0.05, 0.1) is 11.6 Å². The molecule has 1 aromatic heterocycles. The number of nitrogens with one attached hydrogen (secondary N) is 1. The van der Waals surface area contributed by atoms with E-state index in [1.165, 1.54) is 4.57 Å². The summed E-state index contributed by atoms with van der Waals surface area (Å²) in [5.74, 6) is 0.446. The van der Waals surface area contributed by atoms with E-state index in [0.717, 1.165) is 0 Å². The number of pyridine rings is 1. The largest absolute Gasteiger partial charge is 0.497 e. The molecule has 0 saturated heterocycles. The Morgan fingerprint density at radius 1 is 1.30 bits per heavy atom. The standard InChI is InChI=1S/C14H13BrN2O3/c1-20-11-6-4-10(5-7-11)16-13(18)9-17-8-2-3-12(15)14(17)19/h2-8H,9H2,1H3,(H,16,18). The minimum Gasteiger partial charge on any atom is -0.497 e. The lowest BCUT2D eigenvalue weighted by Crippen LogP contribution is -2.27. The van der Waals surface area contributed by atoms with Gasteiger partial charge in [-0.2, -0.15) is 0 Å². The van der Waals surface area contributed by atoms with Crippen LogP contribution >= 0.6 is 15.9 Å². The quantitative estimate of drug-likeness (QED) is 0.931. The molecule has 0 fully saturated rings. The zero-order valence-corrected chi connectivity index (χ0v) is 12.4. The van der Waals surface area contributed by atoms with Crippen molar-refractivity contribution in [2.75, 3.05) is 12.4 Å². The van der Waals surface area contributed by atoms with Crippen LogP contribution in [0.2, 0.25) is 0 Å². The first-order valence-electron chi connectivity index (χ1n) is 5.89. The van der Waals surface area contributed by atoms with Gasteiger partial charge in [0.25, 0.3) is 5.56 Å². The van der Waals surface area contributed by atoms with Crippen molar-refractivity contribution in [2.45, 2.75) is 6.54 Å². The van der Waals surface area contributed by atoms with Gasteiger partial charge in [0.1, 0.15) is 12.3 Å². The Bertz CT molecular complexity index is 665. The molecule has 2 aromatic rings. The average Bonchev–Trinajstić information content (AvgIpc) is 2.45. The van der Waals surface area contributed by atoms with Gasteiger partial charge in [-0.1, -0.05) is 0 Å². The number of aromatic nitrogens is 1. The number of benzene rings is 1. The normalized spacial score (nSPS) is 10.1. The topological polar surface area (TPSA) is 60.3 Å². The van der Waals surface area contributed by atoms with Crippen molar-refractivity contribution in [3.63, 3.8) is 0 Å². The Morgan fingerprint density at radius 3 is 2.65 bits per heavy atom. The van der Waals surface area contributed by atoms with E-state index in [-0.39, 0.29) is 18.0 Å². The molecule has 0 aliphatic rings. The maximum absolute atomic E-state index is 11.9. The predicted octanol–water partition coefficient (Wildman–Crippen LogP) is 2.26. The maximum atomic E-state index is 11.9. The van der Waals surface area contributed by atoms with Crippen LogP contribution in [0.4, 0.5) is 5.69 Å². The van der Waals surface area contributed by atoms with Gasteiger partial charge in [0.15, 0.2) is 0 Å². The van der Waals surface area contributed by atoms with Crippen molar-refractivity contribution in [1.82, 2.24) is 4.57 Å².